The van der Waals surface area contributed by atoms with E-state index in [1.54, 1.807) is 18.2 Å². The van der Waals surface area contributed by atoms with Crippen molar-refractivity contribution in [3.05, 3.63) is 23.8 Å². The third-order valence-corrected chi connectivity index (χ3v) is 8.06. The first kappa shape index (κ1) is 22.3. The van der Waals surface area contributed by atoms with Gasteiger partial charge in [-0.1, -0.05) is 25.7 Å². The minimum Gasteiger partial charge on any atom is -0.353 e. The maximum absolute atomic E-state index is 12.7. The fraction of sp³-hybridized carbons (Fsp3) is 0.652. The van der Waals surface area contributed by atoms with Crippen LogP contribution in [-0.2, 0) is 26.0 Å². The van der Waals surface area contributed by atoms with Crippen LogP contribution in [0, 0.1) is 5.92 Å². The van der Waals surface area contributed by atoms with E-state index in [-0.39, 0.29) is 47.7 Å². The van der Waals surface area contributed by atoms with Crippen LogP contribution in [0.1, 0.15) is 70.3 Å². The molecule has 1 aromatic carbocycles. The van der Waals surface area contributed by atoms with Crippen LogP contribution in [0.4, 0.5) is 5.69 Å². The van der Waals surface area contributed by atoms with Gasteiger partial charge in [-0.3, -0.25) is 9.59 Å². The number of anilines is 1. The molecule has 1 aromatic rings. The molecule has 31 heavy (non-hydrogen) atoms. The minimum atomic E-state index is -3.71. The van der Waals surface area contributed by atoms with Crippen molar-refractivity contribution in [1.29, 1.82) is 0 Å². The Kier molecular flexibility index (Phi) is 6.67. The van der Waals surface area contributed by atoms with Crippen molar-refractivity contribution in [3.63, 3.8) is 0 Å². The summed E-state index contributed by atoms with van der Waals surface area (Å²) in [5, 5.41) is 3.04. The van der Waals surface area contributed by atoms with E-state index in [0.717, 1.165) is 49.8 Å². The third-order valence-electron chi connectivity index (χ3n) is 6.61. The molecule has 2 N–H and O–H groups in total. The highest BCUT2D eigenvalue weighted by Gasteiger charge is 2.39. The smallest absolute Gasteiger partial charge is 0.240 e. The molecule has 4 rings (SSSR count). The molecule has 1 heterocycles. The first-order chi connectivity index (χ1) is 14.8. The molecule has 0 bridgehead atoms. The molecular formula is C23H33N3O4S. The van der Waals surface area contributed by atoms with E-state index in [9.17, 15) is 18.0 Å². The van der Waals surface area contributed by atoms with Gasteiger partial charge in [0.1, 0.15) is 0 Å². The number of carbonyl (C=O) groups is 2. The number of benzene rings is 1. The lowest BCUT2D eigenvalue weighted by molar-refractivity contribution is -0.122. The highest BCUT2D eigenvalue weighted by atomic mass is 32.2. The second-order valence-corrected chi connectivity index (χ2v) is 11.0. The number of carbonyl (C=O) groups excluding carboxylic acids is 2. The van der Waals surface area contributed by atoms with E-state index in [0.29, 0.717) is 6.42 Å². The van der Waals surface area contributed by atoms with Crippen LogP contribution < -0.4 is 14.9 Å². The van der Waals surface area contributed by atoms with Crippen LogP contribution in [0.2, 0.25) is 0 Å². The van der Waals surface area contributed by atoms with E-state index in [4.69, 9.17) is 0 Å². The van der Waals surface area contributed by atoms with Gasteiger partial charge in [-0.25, -0.2) is 13.1 Å². The number of nitrogens with one attached hydrogen (secondary N) is 2. The molecule has 1 aliphatic heterocycles. The largest absolute Gasteiger partial charge is 0.353 e. The van der Waals surface area contributed by atoms with Crippen LogP contribution in [0.15, 0.2) is 23.1 Å². The van der Waals surface area contributed by atoms with E-state index in [2.05, 4.69) is 10.0 Å². The van der Waals surface area contributed by atoms with Gasteiger partial charge in [0.05, 0.1) is 4.90 Å². The molecule has 2 fully saturated rings. The predicted molar refractivity (Wildman–Crippen MR) is 119 cm³/mol. The Hall–Kier alpha value is -1.93. The Labute approximate surface area is 185 Å². The van der Waals surface area contributed by atoms with Crippen molar-refractivity contribution in [2.75, 3.05) is 11.4 Å². The van der Waals surface area contributed by atoms with Gasteiger partial charge in [-0.2, -0.15) is 0 Å². The molecule has 8 heteroatoms. The van der Waals surface area contributed by atoms with Crippen LogP contribution >= 0.6 is 0 Å². The summed E-state index contributed by atoms with van der Waals surface area (Å²) in [6, 6.07) is 5.22. The number of rotatable bonds is 7. The second kappa shape index (κ2) is 9.28. The molecule has 2 saturated carbocycles. The minimum absolute atomic E-state index is 0.0432. The summed E-state index contributed by atoms with van der Waals surface area (Å²) in [5.41, 5.74) is 1.71. The van der Waals surface area contributed by atoms with E-state index in [1.807, 2.05) is 11.8 Å². The van der Waals surface area contributed by atoms with Gasteiger partial charge in [-0.15, -0.1) is 0 Å². The lowest BCUT2D eigenvalue weighted by Crippen LogP contribution is -2.37. The highest BCUT2D eigenvalue weighted by Crippen LogP contribution is 2.39. The molecule has 0 unspecified atom stereocenters. The van der Waals surface area contributed by atoms with Crippen LogP contribution in [0.25, 0.3) is 0 Å². The zero-order valence-corrected chi connectivity index (χ0v) is 19.0. The summed E-state index contributed by atoms with van der Waals surface area (Å²) in [5.74, 6) is 0.175. The fourth-order valence-corrected chi connectivity index (χ4v) is 5.83. The maximum atomic E-state index is 12.7. The van der Waals surface area contributed by atoms with Crippen molar-refractivity contribution in [1.82, 2.24) is 10.0 Å². The van der Waals surface area contributed by atoms with E-state index in [1.165, 1.54) is 12.8 Å². The molecule has 7 nitrogen and oxygen atoms in total. The van der Waals surface area contributed by atoms with Gasteiger partial charge in [0.25, 0.3) is 0 Å². The topological polar surface area (TPSA) is 95.6 Å². The standard InChI is InChI=1S/C23H33N3O4S/c1-16-14-18-15-20(10-11-21(18)26(16)23(28)17-8-9-17)31(29,30)24-13-12-22(27)25-19-6-4-2-3-5-7-19/h10-11,15-17,19,24H,2-9,12-14H2,1H3,(H,25,27)/t16-/m1/s1. The number of amides is 2. The Balaban J connectivity index is 1.33. The average Bonchev–Trinajstić information content (AvgIpc) is 3.53. The summed E-state index contributed by atoms with van der Waals surface area (Å²) in [6.45, 7) is 2.07. The normalized spacial score (nSPS) is 22.1. The fourth-order valence-electron chi connectivity index (χ4n) is 4.74. The van der Waals surface area contributed by atoms with Gasteiger partial charge in [0.15, 0.2) is 0 Å². The van der Waals surface area contributed by atoms with Crippen molar-refractivity contribution in [2.45, 2.75) is 88.1 Å². The number of hydrogen-bond donors (Lipinski definition) is 2. The maximum Gasteiger partial charge on any atom is 0.240 e. The Bertz CT molecular complexity index is 934. The summed E-state index contributed by atoms with van der Waals surface area (Å²) in [6.07, 6.45) is 9.40. The van der Waals surface area contributed by atoms with Gasteiger partial charge in [-0.05, 0) is 62.8 Å². The molecule has 0 spiro atoms. The molecular weight excluding hydrogens is 414 g/mol. The highest BCUT2D eigenvalue weighted by molar-refractivity contribution is 7.89. The predicted octanol–water partition coefficient (Wildman–Crippen LogP) is 2.88. The van der Waals surface area contributed by atoms with Crippen molar-refractivity contribution >= 4 is 27.5 Å². The molecule has 1 atom stereocenters. The monoisotopic (exact) mass is 447 g/mol. The Morgan fingerprint density at radius 2 is 1.77 bits per heavy atom. The lowest BCUT2D eigenvalue weighted by Gasteiger charge is -2.22. The number of nitrogens with zero attached hydrogens (tertiary/aromatic N) is 1. The Morgan fingerprint density at radius 3 is 2.45 bits per heavy atom. The average molecular weight is 448 g/mol. The Morgan fingerprint density at radius 1 is 1.06 bits per heavy atom. The molecule has 170 valence electrons. The lowest BCUT2D eigenvalue weighted by atomic mass is 10.1. The summed E-state index contributed by atoms with van der Waals surface area (Å²) >= 11 is 0. The molecule has 2 amide bonds. The van der Waals surface area contributed by atoms with Gasteiger partial charge >= 0.3 is 0 Å². The van der Waals surface area contributed by atoms with Gasteiger partial charge < -0.3 is 10.2 Å². The number of hydrogen-bond acceptors (Lipinski definition) is 4. The van der Waals surface area contributed by atoms with Crippen molar-refractivity contribution < 1.29 is 18.0 Å². The first-order valence-electron chi connectivity index (χ1n) is 11.6. The SMILES string of the molecule is C[C@@H]1Cc2cc(S(=O)(=O)NCCC(=O)NC3CCCCCC3)ccc2N1C(=O)C1CC1. The van der Waals surface area contributed by atoms with E-state index >= 15 is 0 Å². The molecule has 3 aliphatic rings. The molecule has 0 saturated heterocycles. The second-order valence-electron chi connectivity index (χ2n) is 9.23. The van der Waals surface area contributed by atoms with Crippen LogP contribution in [0.3, 0.4) is 0 Å². The quantitative estimate of drug-likeness (QED) is 0.628. The zero-order valence-electron chi connectivity index (χ0n) is 18.2. The zero-order chi connectivity index (χ0) is 22.0. The molecule has 2 aliphatic carbocycles. The summed E-state index contributed by atoms with van der Waals surface area (Å²) in [4.78, 5) is 26.8. The number of fused-ring (bicyclic) bond motifs is 1. The number of sulfonamides is 1. The third kappa shape index (κ3) is 5.29. The first-order valence-corrected chi connectivity index (χ1v) is 13.1. The van der Waals surface area contributed by atoms with Gasteiger partial charge in [0.2, 0.25) is 21.8 Å². The van der Waals surface area contributed by atoms with Gasteiger partial charge in [0, 0.05) is 36.7 Å². The van der Waals surface area contributed by atoms with Crippen molar-refractivity contribution in [3.8, 4) is 0 Å². The van der Waals surface area contributed by atoms with Crippen LogP contribution in [0.5, 0.6) is 0 Å². The van der Waals surface area contributed by atoms with Crippen molar-refractivity contribution in [2.24, 2.45) is 5.92 Å². The van der Waals surface area contributed by atoms with E-state index < -0.39 is 10.0 Å². The summed E-state index contributed by atoms with van der Waals surface area (Å²) < 4.78 is 28.0. The summed E-state index contributed by atoms with van der Waals surface area (Å²) in [7, 11) is -3.71. The van der Waals surface area contributed by atoms with Crippen LogP contribution in [-0.4, -0.2) is 38.9 Å². The molecule has 0 radical (unpaired) electrons. The molecule has 0 aromatic heterocycles.